The van der Waals surface area contributed by atoms with Crippen LogP contribution in [0.2, 0.25) is 5.02 Å². The summed E-state index contributed by atoms with van der Waals surface area (Å²) in [5.41, 5.74) is 0.420. The van der Waals surface area contributed by atoms with Gasteiger partial charge in [-0.05, 0) is 18.2 Å². The Labute approximate surface area is 138 Å². The summed E-state index contributed by atoms with van der Waals surface area (Å²) in [6, 6.07) is 8.77. The van der Waals surface area contributed by atoms with Gasteiger partial charge < -0.3 is 10.1 Å². The van der Waals surface area contributed by atoms with Crippen molar-refractivity contribution in [1.82, 2.24) is 0 Å². The number of ketones is 1. The van der Waals surface area contributed by atoms with Crippen LogP contribution < -0.4 is 10.1 Å². The lowest BCUT2D eigenvalue weighted by atomic mass is 10.0. The maximum absolute atomic E-state index is 14.0. The zero-order valence-electron chi connectivity index (χ0n) is 12.7. The first-order valence-corrected chi connectivity index (χ1v) is 7.32. The summed E-state index contributed by atoms with van der Waals surface area (Å²) in [5.74, 6) is -1.54. The second-order valence-corrected chi connectivity index (χ2v) is 5.15. The van der Waals surface area contributed by atoms with Crippen LogP contribution in [0.3, 0.4) is 0 Å². The molecule has 0 heterocycles. The van der Waals surface area contributed by atoms with Gasteiger partial charge in [0.25, 0.3) is 0 Å². The van der Waals surface area contributed by atoms with Gasteiger partial charge in [-0.15, -0.1) is 0 Å². The molecule has 1 amide bonds. The number of hydrogen-bond acceptors (Lipinski definition) is 3. The molecule has 0 atom stereocenters. The fourth-order valence-corrected chi connectivity index (χ4v) is 2.25. The number of rotatable bonds is 5. The van der Waals surface area contributed by atoms with E-state index in [4.69, 9.17) is 16.3 Å². The Kier molecular flexibility index (Phi) is 5.34. The van der Waals surface area contributed by atoms with E-state index in [1.165, 1.54) is 19.2 Å². The molecule has 1 N–H and O–H groups in total. The molecule has 0 unspecified atom stereocenters. The van der Waals surface area contributed by atoms with Crippen molar-refractivity contribution in [2.75, 3.05) is 12.4 Å². The van der Waals surface area contributed by atoms with Gasteiger partial charge in [-0.3, -0.25) is 9.59 Å². The van der Waals surface area contributed by atoms with Gasteiger partial charge in [0.15, 0.2) is 17.3 Å². The van der Waals surface area contributed by atoms with E-state index in [9.17, 15) is 14.0 Å². The second-order valence-electron chi connectivity index (χ2n) is 4.74. The molecule has 0 spiro atoms. The summed E-state index contributed by atoms with van der Waals surface area (Å²) in [7, 11) is 1.30. The van der Waals surface area contributed by atoms with E-state index in [1.807, 2.05) is 0 Å². The summed E-state index contributed by atoms with van der Waals surface area (Å²) in [5, 5.41) is 2.83. The summed E-state index contributed by atoms with van der Waals surface area (Å²) in [6.07, 6.45) is 0.222. The Balaban J connectivity index is 2.55. The highest BCUT2D eigenvalue weighted by Gasteiger charge is 2.20. The molecule has 4 nitrogen and oxygen atoms in total. The van der Waals surface area contributed by atoms with E-state index in [-0.39, 0.29) is 39.9 Å². The number of ether oxygens (including phenoxy) is 1. The summed E-state index contributed by atoms with van der Waals surface area (Å²) in [6.45, 7) is 1.67. The van der Waals surface area contributed by atoms with Crippen LogP contribution in [0.15, 0.2) is 36.4 Å². The van der Waals surface area contributed by atoms with Gasteiger partial charge in [-0.25, -0.2) is 4.39 Å². The molecule has 0 bridgehead atoms. The number of halogens is 2. The fourth-order valence-electron chi connectivity index (χ4n) is 2.03. The Morgan fingerprint density at radius 3 is 2.52 bits per heavy atom. The molecule has 2 aromatic carbocycles. The maximum Gasteiger partial charge on any atom is 0.224 e. The van der Waals surface area contributed by atoms with Crippen molar-refractivity contribution in [1.29, 1.82) is 0 Å². The molecule has 6 heteroatoms. The Hall–Kier alpha value is -2.40. The number of nitrogens with one attached hydrogen (secondary N) is 1. The molecule has 2 rings (SSSR count). The molecule has 0 fully saturated rings. The normalized spacial score (nSPS) is 10.3. The van der Waals surface area contributed by atoms with Gasteiger partial charge in [0.1, 0.15) is 0 Å². The van der Waals surface area contributed by atoms with Crippen LogP contribution in [0.25, 0.3) is 0 Å². The number of amides is 1. The predicted octanol–water partition coefficient (Wildman–Crippen LogP) is 4.07. The van der Waals surface area contributed by atoms with Crippen LogP contribution in [-0.2, 0) is 4.79 Å². The SMILES string of the molecule is CCC(=O)Nc1cc(OC)c(F)cc1C(=O)c1ccccc1Cl. The first-order chi connectivity index (χ1) is 11.0. The van der Waals surface area contributed by atoms with Crippen molar-refractivity contribution in [3.05, 3.63) is 58.4 Å². The molecule has 2 aromatic rings. The lowest BCUT2D eigenvalue weighted by Gasteiger charge is -2.13. The van der Waals surface area contributed by atoms with Crippen molar-refractivity contribution in [2.24, 2.45) is 0 Å². The van der Waals surface area contributed by atoms with Gasteiger partial charge in [-0.1, -0.05) is 30.7 Å². The number of methoxy groups -OCH3 is 1. The zero-order valence-corrected chi connectivity index (χ0v) is 13.4. The monoisotopic (exact) mass is 335 g/mol. The van der Waals surface area contributed by atoms with E-state index in [0.29, 0.717) is 0 Å². The molecule has 120 valence electrons. The number of benzene rings is 2. The molecule has 0 aliphatic rings. The smallest absolute Gasteiger partial charge is 0.224 e. The third-order valence-electron chi connectivity index (χ3n) is 3.25. The van der Waals surface area contributed by atoms with Crippen LogP contribution in [0.5, 0.6) is 5.75 Å². The highest BCUT2D eigenvalue weighted by atomic mass is 35.5. The molecule has 0 aromatic heterocycles. The van der Waals surface area contributed by atoms with E-state index in [2.05, 4.69) is 5.32 Å². The fraction of sp³-hybridized carbons (Fsp3) is 0.176. The van der Waals surface area contributed by atoms with Crippen molar-refractivity contribution >= 4 is 29.0 Å². The second kappa shape index (κ2) is 7.24. The lowest BCUT2D eigenvalue weighted by Crippen LogP contribution is -2.14. The van der Waals surface area contributed by atoms with Crippen molar-refractivity contribution < 1.29 is 18.7 Å². The molecule has 0 saturated carbocycles. The molecule has 0 radical (unpaired) electrons. The van der Waals surface area contributed by atoms with E-state index in [0.717, 1.165) is 6.07 Å². The Bertz CT molecular complexity index is 761. The van der Waals surface area contributed by atoms with E-state index < -0.39 is 11.6 Å². The van der Waals surface area contributed by atoms with E-state index in [1.54, 1.807) is 25.1 Å². The Morgan fingerprint density at radius 2 is 1.91 bits per heavy atom. The summed E-state index contributed by atoms with van der Waals surface area (Å²) in [4.78, 5) is 24.3. The van der Waals surface area contributed by atoms with Crippen molar-refractivity contribution in [2.45, 2.75) is 13.3 Å². The lowest BCUT2D eigenvalue weighted by molar-refractivity contribution is -0.115. The van der Waals surface area contributed by atoms with Gasteiger partial charge in [0, 0.05) is 23.6 Å². The van der Waals surface area contributed by atoms with Crippen LogP contribution in [-0.4, -0.2) is 18.8 Å². The van der Waals surface area contributed by atoms with Crippen LogP contribution in [0.4, 0.5) is 10.1 Å². The predicted molar refractivity (Wildman–Crippen MR) is 86.8 cm³/mol. The highest BCUT2D eigenvalue weighted by Crippen LogP contribution is 2.30. The standard InChI is InChI=1S/C17H15ClFNO3/c1-3-16(21)20-14-9-15(23-2)13(19)8-11(14)17(22)10-6-4-5-7-12(10)18/h4-9H,3H2,1-2H3,(H,20,21). The number of carbonyl (C=O) groups is 2. The molecule has 23 heavy (non-hydrogen) atoms. The first-order valence-electron chi connectivity index (χ1n) is 6.94. The third-order valence-corrected chi connectivity index (χ3v) is 3.58. The van der Waals surface area contributed by atoms with Crippen LogP contribution in [0.1, 0.15) is 29.3 Å². The van der Waals surface area contributed by atoms with E-state index >= 15 is 0 Å². The van der Waals surface area contributed by atoms with Gasteiger partial charge in [-0.2, -0.15) is 0 Å². The van der Waals surface area contributed by atoms with Crippen molar-refractivity contribution in [3.8, 4) is 5.75 Å². The molecular formula is C17H15ClFNO3. The van der Waals surface area contributed by atoms with Crippen LogP contribution in [0, 0.1) is 5.82 Å². The molecule has 0 aliphatic heterocycles. The average molecular weight is 336 g/mol. The van der Waals surface area contributed by atoms with Gasteiger partial charge >= 0.3 is 0 Å². The maximum atomic E-state index is 14.0. The number of hydrogen-bond donors (Lipinski definition) is 1. The zero-order chi connectivity index (χ0) is 17.0. The minimum atomic E-state index is -0.697. The molecule has 0 aliphatic carbocycles. The highest BCUT2D eigenvalue weighted by molar-refractivity contribution is 6.35. The first kappa shape index (κ1) is 17.0. The summed E-state index contributed by atoms with van der Waals surface area (Å²) < 4.78 is 18.9. The largest absolute Gasteiger partial charge is 0.494 e. The molecular weight excluding hydrogens is 321 g/mol. The number of carbonyl (C=O) groups excluding carboxylic acids is 2. The number of anilines is 1. The van der Waals surface area contributed by atoms with Gasteiger partial charge in [0.2, 0.25) is 5.91 Å². The van der Waals surface area contributed by atoms with Crippen LogP contribution >= 0.6 is 11.6 Å². The third kappa shape index (κ3) is 3.68. The topological polar surface area (TPSA) is 55.4 Å². The summed E-state index contributed by atoms with van der Waals surface area (Å²) >= 11 is 6.03. The molecule has 0 saturated heterocycles. The van der Waals surface area contributed by atoms with Gasteiger partial charge in [0.05, 0.1) is 17.8 Å². The Morgan fingerprint density at radius 1 is 1.22 bits per heavy atom. The average Bonchev–Trinajstić information content (AvgIpc) is 2.55. The van der Waals surface area contributed by atoms with Crippen molar-refractivity contribution in [3.63, 3.8) is 0 Å². The quantitative estimate of drug-likeness (QED) is 0.838. The minimum Gasteiger partial charge on any atom is -0.494 e. The minimum absolute atomic E-state index is 0.0122.